The summed E-state index contributed by atoms with van der Waals surface area (Å²) >= 11 is 5.66. The van der Waals surface area contributed by atoms with E-state index in [0.717, 1.165) is 5.69 Å². The van der Waals surface area contributed by atoms with Gasteiger partial charge < -0.3 is 10.1 Å². The molecule has 0 aliphatic rings. The van der Waals surface area contributed by atoms with Gasteiger partial charge in [-0.05, 0) is 12.1 Å². The first kappa shape index (κ1) is 13.4. The maximum absolute atomic E-state index is 11.8. The van der Waals surface area contributed by atoms with Crippen LogP contribution < -0.4 is 10.1 Å². The second-order valence-electron chi connectivity index (χ2n) is 3.85. The Balaban J connectivity index is 1.98. The average Bonchev–Trinajstić information content (AvgIpc) is 2.77. The fourth-order valence-corrected chi connectivity index (χ4v) is 1.68. The summed E-state index contributed by atoms with van der Waals surface area (Å²) in [5.74, 6) is 0.409. The van der Waals surface area contributed by atoms with Crippen LogP contribution in [0.1, 0.15) is 16.1 Å². The van der Waals surface area contributed by atoms with Crippen LogP contribution in [0.15, 0.2) is 24.4 Å². The van der Waals surface area contributed by atoms with Crippen LogP contribution in [0.3, 0.4) is 0 Å². The SMILES string of the molecule is COc1cc(CNC(=O)c2ccc(Cl)nc2)nn1C. The quantitative estimate of drug-likeness (QED) is 0.860. The summed E-state index contributed by atoms with van der Waals surface area (Å²) in [4.78, 5) is 15.7. The Morgan fingerprint density at radius 1 is 1.53 bits per heavy atom. The number of hydrogen-bond acceptors (Lipinski definition) is 4. The number of hydrogen-bond donors (Lipinski definition) is 1. The number of carbonyl (C=O) groups excluding carboxylic acids is 1. The molecule has 0 radical (unpaired) electrons. The lowest BCUT2D eigenvalue weighted by molar-refractivity contribution is 0.0950. The highest BCUT2D eigenvalue weighted by Crippen LogP contribution is 2.11. The lowest BCUT2D eigenvalue weighted by Gasteiger charge is -2.02. The molecule has 0 saturated carbocycles. The van der Waals surface area contributed by atoms with Gasteiger partial charge in [0.15, 0.2) is 0 Å². The molecule has 2 aromatic rings. The maximum atomic E-state index is 11.8. The molecular formula is C12H13ClN4O2. The largest absolute Gasteiger partial charge is 0.481 e. The van der Waals surface area contributed by atoms with Crippen molar-refractivity contribution in [1.82, 2.24) is 20.1 Å². The second-order valence-corrected chi connectivity index (χ2v) is 4.24. The molecular weight excluding hydrogens is 268 g/mol. The molecule has 2 aromatic heterocycles. The molecule has 2 heterocycles. The molecule has 0 aliphatic heterocycles. The van der Waals surface area contributed by atoms with Crippen LogP contribution >= 0.6 is 11.6 Å². The first-order valence-corrected chi connectivity index (χ1v) is 5.94. The Kier molecular flexibility index (Phi) is 4.01. The van der Waals surface area contributed by atoms with Gasteiger partial charge in [0.05, 0.1) is 24.9 Å². The molecule has 0 aliphatic carbocycles. The van der Waals surface area contributed by atoms with Crippen LogP contribution in [0.4, 0.5) is 0 Å². The number of nitrogens with zero attached hydrogens (tertiary/aromatic N) is 3. The van der Waals surface area contributed by atoms with E-state index < -0.39 is 0 Å². The third kappa shape index (κ3) is 3.23. The second kappa shape index (κ2) is 5.71. The predicted octanol–water partition coefficient (Wildman–Crippen LogP) is 1.41. The molecule has 1 N–H and O–H groups in total. The Bertz CT molecular complexity index is 580. The molecule has 0 atom stereocenters. The topological polar surface area (TPSA) is 69.0 Å². The van der Waals surface area contributed by atoms with Crippen molar-refractivity contribution >= 4 is 17.5 Å². The fourth-order valence-electron chi connectivity index (χ4n) is 1.57. The summed E-state index contributed by atoms with van der Waals surface area (Å²) in [5.41, 5.74) is 1.17. The Morgan fingerprint density at radius 3 is 2.89 bits per heavy atom. The third-order valence-electron chi connectivity index (χ3n) is 2.52. The van der Waals surface area contributed by atoms with E-state index in [4.69, 9.17) is 16.3 Å². The van der Waals surface area contributed by atoms with E-state index in [2.05, 4.69) is 15.4 Å². The normalized spacial score (nSPS) is 10.3. The molecule has 0 spiro atoms. The van der Waals surface area contributed by atoms with Crippen LogP contribution in [-0.2, 0) is 13.6 Å². The third-order valence-corrected chi connectivity index (χ3v) is 2.74. The molecule has 19 heavy (non-hydrogen) atoms. The summed E-state index contributed by atoms with van der Waals surface area (Å²) in [5, 5.41) is 7.30. The smallest absolute Gasteiger partial charge is 0.253 e. The van der Waals surface area contributed by atoms with Crippen molar-refractivity contribution in [3.63, 3.8) is 0 Å². The van der Waals surface area contributed by atoms with Crippen molar-refractivity contribution in [3.8, 4) is 5.88 Å². The van der Waals surface area contributed by atoms with Crippen LogP contribution in [0.25, 0.3) is 0 Å². The van der Waals surface area contributed by atoms with E-state index in [-0.39, 0.29) is 5.91 Å². The standard InChI is InChI=1S/C12H13ClN4O2/c1-17-11(19-2)5-9(16-17)7-15-12(18)8-3-4-10(13)14-6-8/h3-6H,7H2,1-2H3,(H,15,18). The number of methoxy groups -OCH3 is 1. The van der Waals surface area contributed by atoms with Crippen LogP contribution in [-0.4, -0.2) is 27.8 Å². The van der Waals surface area contributed by atoms with Crippen molar-refractivity contribution < 1.29 is 9.53 Å². The van der Waals surface area contributed by atoms with Crippen molar-refractivity contribution in [1.29, 1.82) is 0 Å². The van der Waals surface area contributed by atoms with Gasteiger partial charge in [-0.25, -0.2) is 9.67 Å². The Labute approximate surface area is 115 Å². The van der Waals surface area contributed by atoms with Gasteiger partial charge in [-0.3, -0.25) is 4.79 Å². The van der Waals surface area contributed by atoms with E-state index in [1.165, 1.54) is 6.20 Å². The highest BCUT2D eigenvalue weighted by atomic mass is 35.5. The summed E-state index contributed by atoms with van der Waals surface area (Å²) in [6.07, 6.45) is 1.43. The molecule has 0 saturated heterocycles. The minimum absolute atomic E-state index is 0.228. The van der Waals surface area contributed by atoms with Gasteiger partial charge in [0.1, 0.15) is 5.15 Å². The maximum Gasteiger partial charge on any atom is 0.253 e. The molecule has 7 heteroatoms. The Morgan fingerprint density at radius 2 is 2.32 bits per heavy atom. The van der Waals surface area contributed by atoms with E-state index in [9.17, 15) is 4.79 Å². The van der Waals surface area contributed by atoms with Crippen LogP contribution in [0, 0.1) is 0 Å². The first-order chi connectivity index (χ1) is 9.10. The van der Waals surface area contributed by atoms with E-state index in [0.29, 0.717) is 23.1 Å². The van der Waals surface area contributed by atoms with Gasteiger partial charge in [-0.2, -0.15) is 5.10 Å². The van der Waals surface area contributed by atoms with E-state index in [1.807, 2.05) is 0 Å². The number of pyridine rings is 1. The zero-order chi connectivity index (χ0) is 13.8. The molecule has 6 nitrogen and oxygen atoms in total. The summed E-state index contributed by atoms with van der Waals surface area (Å²) in [6.45, 7) is 0.318. The summed E-state index contributed by atoms with van der Waals surface area (Å²) in [6, 6.07) is 4.95. The summed E-state index contributed by atoms with van der Waals surface area (Å²) < 4.78 is 6.70. The van der Waals surface area contributed by atoms with E-state index in [1.54, 1.807) is 37.0 Å². The van der Waals surface area contributed by atoms with Gasteiger partial charge in [0, 0.05) is 19.3 Å². The van der Waals surface area contributed by atoms with Crippen LogP contribution in [0.5, 0.6) is 5.88 Å². The zero-order valence-corrected chi connectivity index (χ0v) is 11.3. The number of aromatic nitrogens is 3. The number of aryl methyl sites for hydroxylation is 1. The number of carbonyl (C=O) groups is 1. The average molecular weight is 281 g/mol. The highest BCUT2D eigenvalue weighted by Gasteiger charge is 2.09. The number of halogens is 1. The first-order valence-electron chi connectivity index (χ1n) is 5.57. The molecule has 0 aromatic carbocycles. The summed E-state index contributed by atoms with van der Waals surface area (Å²) in [7, 11) is 3.34. The monoisotopic (exact) mass is 280 g/mol. The minimum atomic E-state index is -0.228. The highest BCUT2D eigenvalue weighted by molar-refractivity contribution is 6.29. The molecule has 0 unspecified atom stereocenters. The fraction of sp³-hybridized carbons (Fsp3) is 0.250. The van der Waals surface area contributed by atoms with Crippen LogP contribution in [0.2, 0.25) is 5.15 Å². The number of rotatable bonds is 4. The number of nitrogens with one attached hydrogen (secondary N) is 1. The predicted molar refractivity (Wildman–Crippen MR) is 70.2 cm³/mol. The van der Waals surface area contributed by atoms with Crippen molar-refractivity contribution in [2.24, 2.45) is 7.05 Å². The van der Waals surface area contributed by atoms with Gasteiger partial charge >= 0.3 is 0 Å². The molecule has 1 amide bonds. The van der Waals surface area contributed by atoms with Gasteiger partial charge in [-0.15, -0.1) is 0 Å². The molecule has 2 rings (SSSR count). The lowest BCUT2D eigenvalue weighted by Crippen LogP contribution is -2.23. The van der Waals surface area contributed by atoms with Crippen molar-refractivity contribution in [3.05, 3.63) is 40.8 Å². The van der Waals surface area contributed by atoms with Gasteiger partial charge in [-0.1, -0.05) is 11.6 Å². The molecule has 0 bridgehead atoms. The van der Waals surface area contributed by atoms with E-state index >= 15 is 0 Å². The minimum Gasteiger partial charge on any atom is -0.481 e. The lowest BCUT2D eigenvalue weighted by atomic mass is 10.2. The number of amides is 1. The van der Waals surface area contributed by atoms with Crippen molar-refractivity contribution in [2.45, 2.75) is 6.54 Å². The van der Waals surface area contributed by atoms with Gasteiger partial charge in [0.2, 0.25) is 5.88 Å². The number of ether oxygens (including phenoxy) is 1. The molecule has 0 fully saturated rings. The Hall–Kier alpha value is -2.08. The van der Waals surface area contributed by atoms with Gasteiger partial charge in [0.25, 0.3) is 5.91 Å². The van der Waals surface area contributed by atoms with Crippen molar-refractivity contribution in [2.75, 3.05) is 7.11 Å². The molecule has 100 valence electrons. The zero-order valence-electron chi connectivity index (χ0n) is 10.6.